The minimum atomic E-state index is -0.272. The Morgan fingerprint density at radius 1 is 1.43 bits per heavy atom. The van der Waals surface area contributed by atoms with Crippen LogP contribution in [0.15, 0.2) is 24.3 Å². The zero-order chi connectivity index (χ0) is 16.4. The van der Waals surface area contributed by atoms with Gasteiger partial charge in [0.05, 0.1) is 11.4 Å². The first-order chi connectivity index (χ1) is 11.1. The molecule has 2 aromatic rings. The first-order valence-corrected chi connectivity index (χ1v) is 8.18. The van der Waals surface area contributed by atoms with Gasteiger partial charge in [0, 0.05) is 4.88 Å². The fraction of sp³-hybridized carbons (Fsp3) is 0.312. The van der Waals surface area contributed by atoms with Crippen LogP contribution in [0.1, 0.15) is 17.5 Å². The van der Waals surface area contributed by atoms with Crippen LogP contribution < -0.4 is 15.0 Å². The Kier molecular flexibility index (Phi) is 4.29. The molecule has 0 aliphatic carbocycles. The van der Waals surface area contributed by atoms with Crippen LogP contribution in [-0.2, 0) is 16.0 Å². The lowest BCUT2D eigenvalue weighted by Crippen LogP contribution is -2.43. The van der Waals surface area contributed by atoms with Crippen molar-refractivity contribution in [2.45, 2.75) is 20.3 Å². The third-order valence-corrected chi connectivity index (χ3v) is 4.51. The molecule has 1 aromatic heterocycles. The summed E-state index contributed by atoms with van der Waals surface area (Å²) in [7, 11) is 0. The molecule has 7 heteroatoms. The summed E-state index contributed by atoms with van der Waals surface area (Å²) in [5, 5.41) is 3.34. The third-order valence-electron chi connectivity index (χ3n) is 3.58. The highest BCUT2D eigenvalue weighted by molar-refractivity contribution is 7.15. The Labute approximate surface area is 138 Å². The molecule has 1 aliphatic rings. The number of anilines is 2. The van der Waals surface area contributed by atoms with Crippen molar-refractivity contribution in [2.24, 2.45) is 0 Å². The zero-order valence-electron chi connectivity index (χ0n) is 13.0. The second-order valence-corrected chi connectivity index (χ2v) is 6.36. The van der Waals surface area contributed by atoms with E-state index in [1.807, 2.05) is 26.0 Å². The molecule has 120 valence electrons. The molecule has 0 bridgehead atoms. The van der Waals surface area contributed by atoms with Gasteiger partial charge in [-0.05, 0) is 25.5 Å². The summed E-state index contributed by atoms with van der Waals surface area (Å²) in [4.78, 5) is 31.2. The molecule has 3 rings (SSSR count). The maximum absolute atomic E-state index is 12.3. The molecule has 23 heavy (non-hydrogen) atoms. The van der Waals surface area contributed by atoms with Gasteiger partial charge in [0.25, 0.3) is 5.91 Å². The Balaban J connectivity index is 1.73. The van der Waals surface area contributed by atoms with Crippen LogP contribution in [-0.4, -0.2) is 29.9 Å². The van der Waals surface area contributed by atoms with E-state index < -0.39 is 0 Å². The molecule has 6 nitrogen and oxygen atoms in total. The smallest absolute Gasteiger partial charge is 0.265 e. The van der Waals surface area contributed by atoms with Gasteiger partial charge in [0.15, 0.2) is 11.7 Å². The molecule has 2 amide bonds. The molecule has 0 spiro atoms. The third kappa shape index (κ3) is 3.19. The van der Waals surface area contributed by atoms with Gasteiger partial charge in [-0.15, -0.1) is 11.3 Å². The average molecular weight is 331 g/mol. The number of carbonyl (C=O) groups excluding carboxylic acids is 2. The van der Waals surface area contributed by atoms with Crippen LogP contribution in [0.3, 0.4) is 0 Å². The number of fused-ring (bicyclic) bond motifs is 1. The fourth-order valence-corrected chi connectivity index (χ4v) is 3.36. The van der Waals surface area contributed by atoms with Gasteiger partial charge in [-0.1, -0.05) is 19.1 Å². The Hall–Kier alpha value is -2.41. The van der Waals surface area contributed by atoms with Crippen molar-refractivity contribution in [1.29, 1.82) is 0 Å². The highest BCUT2D eigenvalue weighted by Gasteiger charge is 2.27. The van der Waals surface area contributed by atoms with Gasteiger partial charge in [-0.2, -0.15) is 0 Å². The molecular formula is C16H17N3O3S. The van der Waals surface area contributed by atoms with Crippen molar-refractivity contribution in [3.63, 3.8) is 0 Å². The van der Waals surface area contributed by atoms with Crippen molar-refractivity contribution in [3.05, 3.63) is 34.8 Å². The predicted octanol–water partition coefficient (Wildman–Crippen LogP) is 2.38. The van der Waals surface area contributed by atoms with E-state index in [0.717, 1.165) is 17.0 Å². The highest BCUT2D eigenvalue weighted by Crippen LogP contribution is 2.31. The number of aryl methyl sites for hydroxylation is 2. The normalized spacial score (nSPS) is 13.5. The molecule has 0 radical (unpaired) electrons. The average Bonchev–Trinajstić information content (AvgIpc) is 2.89. The lowest BCUT2D eigenvalue weighted by molar-refractivity contribution is -0.123. The maximum atomic E-state index is 12.3. The number of thiazole rings is 1. The minimum Gasteiger partial charge on any atom is -0.482 e. The standard InChI is InChI=1S/C16H17N3O3S/c1-3-11-10(2)23-16(17-11)18-14(20)8-19-12-6-4-5-7-13(12)22-9-15(19)21/h4-7H,3,8-9H2,1-2H3,(H,17,18,20). The summed E-state index contributed by atoms with van der Waals surface area (Å²) < 4.78 is 5.37. The van der Waals surface area contributed by atoms with Gasteiger partial charge in [0.2, 0.25) is 5.91 Å². The van der Waals surface area contributed by atoms with E-state index in [1.54, 1.807) is 12.1 Å². The van der Waals surface area contributed by atoms with E-state index in [4.69, 9.17) is 4.74 Å². The molecule has 0 atom stereocenters. The molecule has 1 N–H and O–H groups in total. The molecule has 0 saturated heterocycles. The molecule has 0 unspecified atom stereocenters. The van der Waals surface area contributed by atoms with E-state index in [9.17, 15) is 9.59 Å². The Bertz CT molecular complexity index is 757. The van der Waals surface area contributed by atoms with Crippen LogP contribution in [0.4, 0.5) is 10.8 Å². The SMILES string of the molecule is CCc1nc(NC(=O)CN2C(=O)COc3ccccc32)sc1C. The molecule has 0 saturated carbocycles. The summed E-state index contributed by atoms with van der Waals surface area (Å²) in [6.07, 6.45) is 0.827. The van der Waals surface area contributed by atoms with Gasteiger partial charge in [-0.3, -0.25) is 14.5 Å². The number of aromatic nitrogens is 1. The summed E-state index contributed by atoms with van der Waals surface area (Å²) in [5.74, 6) is 0.105. The van der Waals surface area contributed by atoms with Crippen molar-refractivity contribution in [2.75, 3.05) is 23.4 Å². The predicted molar refractivity (Wildman–Crippen MR) is 89.1 cm³/mol. The number of nitrogens with zero attached hydrogens (tertiary/aromatic N) is 2. The van der Waals surface area contributed by atoms with Crippen molar-refractivity contribution in [1.82, 2.24) is 4.98 Å². The van der Waals surface area contributed by atoms with Crippen molar-refractivity contribution >= 4 is 34.0 Å². The number of ether oxygens (including phenoxy) is 1. The van der Waals surface area contributed by atoms with Crippen LogP contribution in [0, 0.1) is 6.92 Å². The number of para-hydroxylation sites is 2. The van der Waals surface area contributed by atoms with E-state index >= 15 is 0 Å². The summed E-state index contributed by atoms with van der Waals surface area (Å²) in [5.41, 5.74) is 1.60. The van der Waals surface area contributed by atoms with Gasteiger partial charge >= 0.3 is 0 Å². The van der Waals surface area contributed by atoms with Crippen molar-refractivity contribution in [3.8, 4) is 5.75 Å². The number of hydrogen-bond donors (Lipinski definition) is 1. The van der Waals surface area contributed by atoms with Crippen LogP contribution in [0.2, 0.25) is 0 Å². The molecule has 1 aromatic carbocycles. The summed E-state index contributed by atoms with van der Waals surface area (Å²) in [6, 6.07) is 7.19. The van der Waals surface area contributed by atoms with E-state index in [0.29, 0.717) is 16.6 Å². The summed E-state index contributed by atoms with van der Waals surface area (Å²) >= 11 is 1.44. The quantitative estimate of drug-likeness (QED) is 0.934. The lowest BCUT2D eigenvalue weighted by atomic mass is 10.2. The van der Waals surface area contributed by atoms with E-state index in [-0.39, 0.29) is 25.0 Å². The van der Waals surface area contributed by atoms with Gasteiger partial charge < -0.3 is 10.1 Å². The maximum Gasteiger partial charge on any atom is 0.265 e. The topological polar surface area (TPSA) is 71.5 Å². The first kappa shape index (κ1) is 15.5. The number of benzene rings is 1. The zero-order valence-corrected chi connectivity index (χ0v) is 13.8. The van der Waals surface area contributed by atoms with E-state index in [2.05, 4.69) is 10.3 Å². The number of rotatable bonds is 4. The number of hydrogen-bond acceptors (Lipinski definition) is 5. The van der Waals surface area contributed by atoms with Crippen LogP contribution >= 0.6 is 11.3 Å². The summed E-state index contributed by atoms with van der Waals surface area (Å²) in [6.45, 7) is 3.89. The van der Waals surface area contributed by atoms with Crippen molar-refractivity contribution < 1.29 is 14.3 Å². The molecule has 0 fully saturated rings. The second kappa shape index (κ2) is 6.37. The first-order valence-electron chi connectivity index (χ1n) is 7.37. The monoisotopic (exact) mass is 331 g/mol. The van der Waals surface area contributed by atoms with Crippen LogP contribution in [0.5, 0.6) is 5.75 Å². The van der Waals surface area contributed by atoms with Gasteiger partial charge in [-0.25, -0.2) is 4.98 Å². The number of nitrogens with one attached hydrogen (secondary N) is 1. The lowest BCUT2D eigenvalue weighted by Gasteiger charge is -2.28. The Morgan fingerprint density at radius 2 is 2.22 bits per heavy atom. The molecular weight excluding hydrogens is 314 g/mol. The minimum absolute atomic E-state index is 0.0549. The highest BCUT2D eigenvalue weighted by atomic mass is 32.1. The van der Waals surface area contributed by atoms with E-state index in [1.165, 1.54) is 16.2 Å². The van der Waals surface area contributed by atoms with Gasteiger partial charge in [0.1, 0.15) is 12.3 Å². The largest absolute Gasteiger partial charge is 0.482 e. The van der Waals surface area contributed by atoms with Crippen LogP contribution in [0.25, 0.3) is 0 Å². The molecule has 1 aliphatic heterocycles. The number of carbonyl (C=O) groups is 2. The molecule has 2 heterocycles. The Morgan fingerprint density at radius 3 is 2.96 bits per heavy atom. The second-order valence-electron chi connectivity index (χ2n) is 5.16. The fourth-order valence-electron chi connectivity index (χ4n) is 2.44. The number of amides is 2.